The Morgan fingerprint density at radius 2 is 2.14 bits per heavy atom. The SMILES string of the molecule is OC(c1cccc(C2CCC2)c1)c1cnn2ccncc12. The van der Waals surface area contributed by atoms with Gasteiger partial charge in [-0.3, -0.25) is 4.98 Å². The highest BCUT2D eigenvalue weighted by Gasteiger charge is 2.21. The summed E-state index contributed by atoms with van der Waals surface area (Å²) >= 11 is 0. The molecule has 1 unspecified atom stereocenters. The Labute approximate surface area is 123 Å². The van der Waals surface area contributed by atoms with Crippen molar-refractivity contribution in [3.05, 3.63) is 65.7 Å². The van der Waals surface area contributed by atoms with Crippen molar-refractivity contribution < 1.29 is 5.11 Å². The van der Waals surface area contributed by atoms with E-state index in [0.29, 0.717) is 5.92 Å². The van der Waals surface area contributed by atoms with Gasteiger partial charge in [0.25, 0.3) is 0 Å². The summed E-state index contributed by atoms with van der Waals surface area (Å²) in [5, 5.41) is 15.0. The van der Waals surface area contributed by atoms with Crippen LogP contribution >= 0.6 is 0 Å². The predicted octanol–water partition coefficient (Wildman–Crippen LogP) is 3.08. The van der Waals surface area contributed by atoms with E-state index >= 15 is 0 Å². The number of rotatable bonds is 3. The summed E-state index contributed by atoms with van der Waals surface area (Å²) in [6, 6.07) is 8.31. The molecule has 0 radical (unpaired) electrons. The molecule has 4 nitrogen and oxygen atoms in total. The molecule has 1 saturated carbocycles. The Hall–Kier alpha value is -2.20. The third kappa shape index (κ3) is 2.12. The first-order valence-electron chi connectivity index (χ1n) is 7.38. The Balaban J connectivity index is 1.72. The van der Waals surface area contributed by atoms with E-state index in [4.69, 9.17) is 0 Å². The molecule has 4 rings (SSSR count). The third-order valence-electron chi connectivity index (χ3n) is 4.45. The van der Waals surface area contributed by atoms with Crippen LogP contribution in [0.4, 0.5) is 0 Å². The van der Waals surface area contributed by atoms with Crippen molar-refractivity contribution in [2.75, 3.05) is 0 Å². The Morgan fingerprint density at radius 3 is 2.95 bits per heavy atom. The fourth-order valence-corrected chi connectivity index (χ4v) is 2.97. The zero-order valence-corrected chi connectivity index (χ0v) is 11.7. The first kappa shape index (κ1) is 12.5. The van der Waals surface area contributed by atoms with Crippen LogP contribution in [0.15, 0.2) is 49.1 Å². The van der Waals surface area contributed by atoms with Crippen LogP contribution in [0.25, 0.3) is 5.52 Å². The summed E-state index contributed by atoms with van der Waals surface area (Å²) in [6.45, 7) is 0. The van der Waals surface area contributed by atoms with Crippen molar-refractivity contribution in [3.8, 4) is 0 Å². The molecule has 1 aromatic carbocycles. The van der Waals surface area contributed by atoms with Crippen molar-refractivity contribution in [1.29, 1.82) is 0 Å². The highest BCUT2D eigenvalue weighted by molar-refractivity contribution is 5.55. The van der Waals surface area contributed by atoms with Crippen LogP contribution in [0, 0.1) is 0 Å². The van der Waals surface area contributed by atoms with Crippen LogP contribution in [0.3, 0.4) is 0 Å². The van der Waals surface area contributed by atoms with Crippen LogP contribution in [0.5, 0.6) is 0 Å². The topological polar surface area (TPSA) is 50.4 Å². The molecule has 1 fully saturated rings. The van der Waals surface area contributed by atoms with Gasteiger partial charge < -0.3 is 5.11 Å². The predicted molar refractivity (Wildman–Crippen MR) is 80.1 cm³/mol. The molecular weight excluding hydrogens is 262 g/mol. The number of hydrogen-bond acceptors (Lipinski definition) is 3. The first-order chi connectivity index (χ1) is 10.3. The molecule has 2 heterocycles. The number of aromatic nitrogens is 3. The van der Waals surface area contributed by atoms with Crippen LogP contribution < -0.4 is 0 Å². The van der Waals surface area contributed by atoms with Gasteiger partial charge in [-0.2, -0.15) is 5.10 Å². The van der Waals surface area contributed by atoms with E-state index in [2.05, 4.69) is 22.2 Å². The van der Waals surface area contributed by atoms with Gasteiger partial charge in [0.1, 0.15) is 6.10 Å². The molecule has 2 aromatic heterocycles. The maximum atomic E-state index is 10.7. The second-order valence-corrected chi connectivity index (χ2v) is 5.71. The molecule has 0 spiro atoms. The van der Waals surface area contributed by atoms with Gasteiger partial charge in [-0.25, -0.2) is 4.52 Å². The van der Waals surface area contributed by atoms with Crippen LogP contribution in [-0.4, -0.2) is 19.7 Å². The van der Waals surface area contributed by atoms with Crippen molar-refractivity contribution >= 4 is 5.52 Å². The Kier molecular flexibility index (Phi) is 2.97. The fraction of sp³-hybridized carbons (Fsp3) is 0.294. The lowest BCUT2D eigenvalue weighted by Crippen LogP contribution is -2.09. The maximum absolute atomic E-state index is 10.7. The number of nitrogens with zero attached hydrogens (tertiary/aromatic N) is 3. The molecule has 1 aliphatic carbocycles. The normalized spacial score (nSPS) is 16.8. The molecule has 0 aliphatic heterocycles. The molecule has 106 valence electrons. The second-order valence-electron chi connectivity index (χ2n) is 5.71. The van der Waals surface area contributed by atoms with E-state index in [1.54, 1.807) is 29.3 Å². The van der Waals surface area contributed by atoms with Crippen LogP contribution in [-0.2, 0) is 0 Å². The minimum atomic E-state index is -0.660. The molecule has 1 atom stereocenters. The van der Waals surface area contributed by atoms with Gasteiger partial charge >= 0.3 is 0 Å². The molecule has 1 aliphatic rings. The summed E-state index contributed by atoms with van der Waals surface area (Å²) < 4.78 is 1.74. The highest BCUT2D eigenvalue weighted by Crippen LogP contribution is 2.37. The van der Waals surface area contributed by atoms with Crippen molar-refractivity contribution in [1.82, 2.24) is 14.6 Å². The second kappa shape index (κ2) is 4.97. The van der Waals surface area contributed by atoms with E-state index in [1.165, 1.54) is 24.8 Å². The lowest BCUT2D eigenvalue weighted by molar-refractivity contribution is 0.221. The molecule has 0 saturated heterocycles. The Bertz CT molecular complexity index is 776. The number of aliphatic hydroxyl groups is 1. The molecule has 0 amide bonds. The highest BCUT2D eigenvalue weighted by atomic mass is 16.3. The van der Waals surface area contributed by atoms with E-state index in [0.717, 1.165) is 16.6 Å². The number of fused-ring (bicyclic) bond motifs is 1. The van der Waals surface area contributed by atoms with Crippen LogP contribution in [0.2, 0.25) is 0 Å². The monoisotopic (exact) mass is 279 g/mol. The summed E-state index contributed by atoms with van der Waals surface area (Å²) in [6.07, 6.45) is 10.1. The van der Waals surface area contributed by atoms with Crippen molar-refractivity contribution in [3.63, 3.8) is 0 Å². The minimum absolute atomic E-state index is 0.660. The number of benzene rings is 1. The van der Waals surface area contributed by atoms with Gasteiger partial charge in [0, 0.05) is 18.0 Å². The van der Waals surface area contributed by atoms with Gasteiger partial charge in [0.2, 0.25) is 0 Å². The average molecular weight is 279 g/mol. The average Bonchev–Trinajstić information content (AvgIpc) is 2.89. The summed E-state index contributed by atoms with van der Waals surface area (Å²) in [5.41, 5.74) is 3.92. The molecule has 4 heteroatoms. The van der Waals surface area contributed by atoms with Gasteiger partial charge in [0.05, 0.1) is 17.9 Å². The lowest BCUT2D eigenvalue weighted by Gasteiger charge is -2.26. The van der Waals surface area contributed by atoms with Gasteiger partial charge in [-0.1, -0.05) is 30.7 Å². The lowest BCUT2D eigenvalue weighted by atomic mass is 9.79. The van der Waals surface area contributed by atoms with Crippen molar-refractivity contribution in [2.45, 2.75) is 31.3 Å². The van der Waals surface area contributed by atoms with Crippen LogP contribution in [0.1, 0.15) is 48.0 Å². The van der Waals surface area contributed by atoms with Gasteiger partial charge in [0.15, 0.2) is 0 Å². The molecule has 21 heavy (non-hydrogen) atoms. The van der Waals surface area contributed by atoms with E-state index in [1.807, 2.05) is 12.1 Å². The van der Waals surface area contributed by atoms with Gasteiger partial charge in [-0.15, -0.1) is 0 Å². The summed E-state index contributed by atoms with van der Waals surface area (Å²) in [7, 11) is 0. The molecule has 0 bridgehead atoms. The first-order valence-corrected chi connectivity index (χ1v) is 7.38. The fourth-order valence-electron chi connectivity index (χ4n) is 2.97. The molecule has 3 aromatic rings. The smallest absolute Gasteiger partial charge is 0.108 e. The zero-order valence-electron chi connectivity index (χ0n) is 11.7. The summed E-state index contributed by atoms with van der Waals surface area (Å²) in [4.78, 5) is 4.12. The zero-order chi connectivity index (χ0) is 14.2. The summed E-state index contributed by atoms with van der Waals surface area (Å²) in [5.74, 6) is 0.669. The largest absolute Gasteiger partial charge is 0.384 e. The third-order valence-corrected chi connectivity index (χ3v) is 4.45. The number of hydrogen-bond donors (Lipinski definition) is 1. The molecule has 1 N–H and O–H groups in total. The molecular formula is C17H17N3O. The standard InChI is InChI=1S/C17H17N3O/c21-17(15-10-19-20-8-7-18-11-16(15)20)14-6-2-5-13(9-14)12-3-1-4-12/h2,5-12,17,21H,1,3-4H2. The van der Waals surface area contributed by atoms with E-state index in [9.17, 15) is 5.11 Å². The van der Waals surface area contributed by atoms with Crippen molar-refractivity contribution in [2.24, 2.45) is 0 Å². The minimum Gasteiger partial charge on any atom is -0.384 e. The number of aliphatic hydroxyl groups excluding tert-OH is 1. The maximum Gasteiger partial charge on any atom is 0.108 e. The van der Waals surface area contributed by atoms with E-state index in [-0.39, 0.29) is 0 Å². The quantitative estimate of drug-likeness (QED) is 0.801. The van der Waals surface area contributed by atoms with E-state index < -0.39 is 6.10 Å². The van der Waals surface area contributed by atoms with Gasteiger partial charge in [-0.05, 0) is 29.9 Å². The Morgan fingerprint density at radius 1 is 1.24 bits per heavy atom.